The van der Waals surface area contributed by atoms with Crippen molar-refractivity contribution in [2.45, 2.75) is 24.3 Å². The van der Waals surface area contributed by atoms with Crippen LogP contribution in [0.1, 0.15) is 12.5 Å². The van der Waals surface area contributed by atoms with Gasteiger partial charge in [0.15, 0.2) is 6.10 Å². The molecule has 1 aliphatic rings. The molecule has 7 nitrogen and oxygen atoms in total. The second-order valence-corrected chi connectivity index (χ2v) is 8.91. The van der Waals surface area contributed by atoms with Crippen molar-refractivity contribution in [3.63, 3.8) is 0 Å². The maximum atomic E-state index is 12.9. The van der Waals surface area contributed by atoms with E-state index in [1.807, 2.05) is 0 Å². The van der Waals surface area contributed by atoms with Gasteiger partial charge in [0.2, 0.25) is 10.0 Å². The van der Waals surface area contributed by atoms with E-state index in [4.69, 9.17) is 9.47 Å². The summed E-state index contributed by atoms with van der Waals surface area (Å²) >= 11 is 0. The largest absolute Gasteiger partial charge is 0.497 e. The van der Waals surface area contributed by atoms with Gasteiger partial charge in [-0.05, 0) is 61.4 Å². The standard InChI is InChI=1S/C20H24N2O5S/c1-14(27-17-7-5-16(26-4)6-8-17)20(23)22-12-11-15-13-18(9-10-19(15)22)28(24,25)21(2)3/h5-10,13-14H,11-12H2,1-4H3/t14-/m1/s1. The molecular weight excluding hydrogens is 380 g/mol. The zero-order chi connectivity index (χ0) is 20.5. The maximum Gasteiger partial charge on any atom is 0.267 e. The molecule has 0 saturated heterocycles. The molecule has 0 saturated carbocycles. The van der Waals surface area contributed by atoms with Crippen molar-refractivity contribution >= 4 is 21.6 Å². The average Bonchev–Trinajstić information content (AvgIpc) is 3.11. The van der Waals surface area contributed by atoms with Crippen LogP contribution in [0.5, 0.6) is 11.5 Å². The number of anilines is 1. The van der Waals surface area contributed by atoms with Crippen molar-refractivity contribution in [1.29, 1.82) is 0 Å². The molecule has 28 heavy (non-hydrogen) atoms. The molecule has 0 N–H and O–H groups in total. The number of ether oxygens (including phenoxy) is 2. The summed E-state index contributed by atoms with van der Waals surface area (Å²) in [4.78, 5) is 14.8. The molecule has 2 aromatic rings. The van der Waals surface area contributed by atoms with Gasteiger partial charge >= 0.3 is 0 Å². The fourth-order valence-corrected chi connectivity index (χ4v) is 4.06. The summed E-state index contributed by atoms with van der Waals surface area (Å²) in [7, 11) is 1.07. The Hall–Kier alpha value is -2.58. The van der Waals surface area contributed by atoms with Crippen LogP contribution in [0.2, 0.25) is 0 Å². The lowest BCUT2D eigenvalue weighted by Crippen LogP contribution is -2.39. The Morgan fingerprint density at radius 3 is 2.36 bits per heavy atom. The van der Waals surface area contributed by atoms with Gasteiger partial charge in [-0.3, -0.25) is 4.79 Å². The molecule has 2 aromatic carbocycles. The number of carbonyl (C=O) groups excluding carboxylic acids is 1. The first kappa shape index (κ1) is 20.2. The third-order valence-corrected chi connectivity index (χ3v) is 6.52. The molecule has 1 amide bonds. The number of fused-ring (bicyclic) bond motifs is 1. The number of nitrogens with zero attached hydrogens (tertiary/aromatic N) is 2. The van der Waals surface area contributed by atoms with Crippen molar-refractivity contribution in [1.82, 2.24) is 4.31 Å². The number of hydrogen-bond donors (Lipinski definition) is 0. The monoisotopic (exact) mass is 404 g/mol. The fraction of sp³-hybridized carbons (Fsp3) is 0.350. The molecular formula is C20H24N2O5S. The predicted octanol–water partition coefficient (Wildman–Crippen LogP) is 2.30. The molecule has 1 atom stereocenters. The second kappa shape index (κ2) is 7.81. The van der Waals surface area contributed by atoms with Crippen molar-refractivity contribution < 1.29 is 22.7 Å². The minimum absolute atomic E-state index is 0.169. The Balaban J connectivity index is 1.76. The topological polar surface area (TPSA) is 76.1 Å². The predicted molar refractivity (Wildman–Crippen MR) is 106 cm³/mol. The van der Waals surface area contributed by atoms with Crippen LogP contribution in [0.3, 0.4) is 0 Å². The van der Waals surface area contributed by atoms with Gasteiger partial charge in [-0.2, -0.15) is 0 Å². The minimum atomic E-state index is -3.50. The summed E-state index contributed by atoms with van der Waals surface area (Å²) in [5.74, 6) is 1.12. The number of hydrogen-bond acceptors (Lipinski definition) is 5. The number of rotatable bonds is 6. The molecule has 0 aromatic heterocycles. The van der Waals surface area contributed by atoms with E-state index < -0.39 is 16.1 Å². The zero-order valence-electron chi connectivity index (χ0n) is 16.4. The molecule has 0 unspecified atom stereocenters. The lowest BCUT2D eigenvalue weighted by atomic mass is 10.2. The number of amides is 1. The molecule has 0 bridgehead atoms. The third kappa shape index (κ3) is 3.83. The summed E-state index contributed by atoms with van der Waals surface area (Å²) < 4.78 is 36.7. The molecule has 0 spiro atoms. The first-order chi connectivity index (χ1) is 13.2. The highest BCUT2D eigenvalue weighted by molar-refractivity contribution is 7.89. The van der Waals surface area contributed by atoms with Gasteiger partial charge in [-0.15, -0.1) is 0 Å². The van der Waals surface area contributed by atoms with Crippen LogP contribution in [0, 0.1) is 0 Å². The first-order valence-electron chi connectivity index (χ1n) is 8.91. The van der Waals surface area contributed by atoms with Crippen LogP contribution in [0.15, 0.2) is 47.4 Å². The molecule has 0 radical (unpaired) electrons. The van der Waals surface area contributed by atoms with Crippen LogP contribution in [0.25, 0.3) is 0 Å². The Kier molecular flexibility index (Phi) is 5.62. The fourth-order valence-electron chi connectivity index (χ4n) is 3.11. The lowest BCUT2D eigenvalue weighted by molar-refractivity contribution is -0.124. The van der Waals surface area contributed by atoms with Crippen molar-refractivity contribution in [2.75, 3.05) is 32.6 Å². The van der Waals surface area contributed by atoms with Crippen LogP contribution < -0.4 is 14.4 Å². The van der Waals surface area contributed by atoms with Gasteiger partial charge in [0.25, 0.3) is 5.91 Å². The molecule has 150 valence electrons. The third-order valence-electron chi connectivity index (χ3n) is 4.71. The molecule has 8 heteroatoms. The smallest absolute Gasteiger partial charge is 0.267 e. The van der Waals surface area contributed by atoms with Gasteiger partial charge < -0.3 is 14.4 Å². The summed E-state index contributed by atoms with van der Waals surface area (Å²) in [6, 6.07) is 11.9. The number of carbonyl (C=O) groups is 1. The Labute approximate surface area is 165 Å². The second-order valence-electron chi connectivity index (χ2n) is 6.75. The average molecular weight is 404 g/mol. The van der Waals surface area contributed by atoms with Gasteiger partial charge in [-0.1, -0.05) is 0 Å². The van der Waals surface area contributed by atoms with Crippen LogP contribution >= 0.6 is 0 Å². The highest BCUT2D eigenvalue weighted by atomic mass is 32.2. The Morgan fingerprint density at radius 1 is 1.11 bits per heavy atom. The van der Waals surface area contributed by atoms with Gasteiger partial charge in [0, 0.05) is 26.3 Å². The molecule has 1 aliphatic heterocycles. The SMILES string of the molecule is COc1ccc(O[C@H](C)C(=O)N2CCc3cc(S(=O)(=O)N(C)C)ccc32)cc1. The van der Waals surface area contributed by atoms with E-state index in [9.17, 15) is 13.2 Å². The Morgan fingerprint density at radius 2 is 1.75 bits per heavy atom. The highest BCUT2D eigenvalue weighted by Gasteiger charge is 2.30. The molecule has 3 rings (SSSR count). The normalized spacial score (nSPS) is 14.7. The summed E-state index contributed by atoms with van der Waals surface area (Å²) in [6.07, 6.45) is -0.0721. The molecule has 1 heterocycles. The van der Waals surface area contributed by atoms with E-state index in [1.165, 1.54) is 24.5 Å². The van der Waals surface area contributed by atoms with Crippen LogP contribution in [-0.2, 0) is 21.2 Å². The van der Waals surface area contributed by atoms with E-state index in [1.54, 1.807) is 55.3 Å². The summed E-state index contributed by atoms with van der Waals surface area (Å²) in [5.41, 5.74) is 1.57. The van der Waals surface area contributed by atoms with Gasteiger partial charge in [0.1, 0.15) is 11.5 Å². The minimum Gasteiger partial charge on any atom is -0.497 e. The van der Waals surface area contributed by atoms with Crippen molar-refractivity contribution in [2.24, 2.45) is 0 Å². The maximum absolute atomic E-state index is 12.9. The van der Waals surface area contributed by atoms with E-state index >= 15 is 0 Å². The van der Waals surface area contributed by atoms with Crippen LogP contribution in [-0.4, -0.2) is 52.5 Å². The lowest BCUT2D eigenvalue weighted by Gasteiger charge is -2.22. The number of methoxy groups -OCH3 is 1. The molecule has 0 aliphatic carbocycles. The first-order valence-corrected chi connectivity index (χ1v) is 10.4. The van der Waals surface area contributed by atoms with E-state index in [0.29, 0.717) is 24.5 Å². The quantitative estimate of drug-likeness (QED) is 0.738. The summed E-state index contributed by atoms with van der Waals surface area (Å²) in [6.45, 7) is 2.20. The highest BCUT2D eigenvalue weighted by Crippen LogP contribution is 2.31. The van der Waals surface area contributed by atoms with Gasteiger partial charge in [-0.25, -0.2) is 12.7 Å². The Bertz CT molecular complexity index is 971. The summed E-state index contributed by atoms with van der Waals surface area (Å²) in [5, 5.41) is 0. The number of sulfonamides is 1. The zero-order valence-corrected chi connectivity index (χ0v) is 17.2. The van der Waals surface area contributed by atoms with Crippen molar-refractivity contribution in [3.8, 4) is 11.5 Å². The van der Waals surface area contributed by atoms with E-state index in [0.717, 1.165) is 11.3 Å². The van der Waals surface area contributed by atoms with Crippen LogP contribution in [0.4, 0.5) is 5.69 Å². The van der Waals surface area contributed by atoms with Gasteiger partial charge in [0.05, 0.1) is 12.0 Å². The number of benzene rings is 2. The molecule has 0 fully saturated rings. The van der Waals surface area contributed by atoms with Crippen molar-refractivity contribution in [3.05, 3.63) is 48.0 Å². The van der Waals surface area contributed by atoms with E-state index in [-0.39, 0.29) is 10.8 Å². The van der Waals surface area contributed by atoms with E-state index in [2.05, 4.69) is 0 Å².